The van der Waals surface area contributed by atoms with Gasteiger partial charge < -0.3 is 24.4 Å². The van der Waals surface area contributed by atoms with Crippen LogP contribution in [0.25, 0.3) is 0 Å². The Morgan fingerprint density at radius 2 is 1.74 bits per heavy atom. The Labute approximate surface area is 194 Å². The maximum atomic E-state index is 14.0. The molecule has 2 aromatic rings. The van der Waals surface area contributed by atoms with Crippen molar-refractivity contribution < 1.29 is 40.6 Å². The van der Waals surface area contributed by atoms with E-state index >= 15 is 0 Å². The van der Waals surface area contributed by atoms with Crippen LogP contribution >= 0.6 is 0 Å². The largest absolute Gasteiger partial charge is 0.437 e. The number of halogens is 4. The molecule has 0 amide bonds. The maximum Gasteiger partial charge on any atom is 0.437 e. The summed E-state index contributed by atoms with van der Waals surface area (Å²) in [6, 6.07) is 2.34. The van der Waals surface area contributed by atoms with Crippen molar-refractivity contribution in [2.24, 2.45) is 0 Å². The highest BCUT2D eigenvalue weighted by atomic mass is 32.2. The summed E-state index contributed by atoms with van der Waals surface area (Å²) in [5, 5.41) is 21.0. The minimum atomic E-state index is -4.88. The molecule has 0 unspecified atom stereocenters. The molecule has 0 radical (unpaired) electrons. The van der Waals surface area contributed by atoms with E-state index in [2.05, 4.69) is 4.98 Å². The highest BCUT2D eigenvalue weighted by Crippen LogP contribution is 2.40. The molecule has 0 aliphatic carbocycles. The molecule has 1 aliphatic heterocycles. The van der Waals surface area contributed by atoms with Gasteiger partial charge in [-0.25, -0.2) is 12.8 Å². The predicted octanol–water partition coefficient (Wildman–Crippen LogP) is 2.93. The summed E-state index contributed by atoms with van der Waals surface area (Å²) in [7, 11) is -3.84. The number of hydrogen-bond acceptors (Lipinski definition) is 8. The van der Waals surface area contributed by atoms with Crippen molar-refractivity contribution in [1.29, 1.82) is 0 Å². The zero-order valence-electron chi connectivity index (χ0n) is 19.3. The topological polar surface area (TPSA) is 107 Å². The number of benzene rings is 1. The van der Waals surface area contributed by atoms with Crippen LogP contribution in [0.15, 0.2) is 27.5 Å². The Morgan fingerprint density at radius 3 is 2.21 bits per heavy atom. The molecule has 1 fully saturated rings. The van der Waals surface area contributed by atoms with Crippen molar-refractivity contribution in [3.8, 4) is 0 Å². The van der Waals surface area contributed by atoms with E-state index in [1.807, 2.05) is 0 Å². The van der Waals surface area contributed by atoms with Crippen LogP contribution in [0.5, 0.6) is 0 Å². The molecule has 190 valence electrons. The Morgan fingerprint density at radius 1 is 1.12 bits per heavy atom. The highest BCUT2D eigenvalue weighted by Gasteiger charge is 2.46. The Kier molecular flexibility index (Phi) is 6.46. The quantitative estimate of drug-likeness (QED) is 0.593. The van der Waals surface area contributed by atoms with E-state index in [0.717, 1.165) is 26.2 Å². The number of sulfone groups is 1. The SMILES string of the molecule is CC(C)(O)c1oc(N2CCN(c3ccc(F)c(S(C)(=O)=O)c3)C[C@@H]2C(C)(C)O)nc1C(F)(F)F. The van der Waals surface area contributed by atoms with Crippen molar-refractivity contribution in [3.63, 3.8) is 0 Å². The fourth-order valence-electron chi connectivity index (χ4n) is 3.86. The van der Waals surface area contributed by atoms with E-state index in [1.165, 1.54) is 30.9 Å². The van der Waals surface area contributed by atoms with Gasteiger partial charge in [-0.15, -0.1) is 0 Å². The van der Waals surface area contributed by atoms with E-state index in [1.54, 1.807) is 4.90 Å². The van der Waals surface area contributed by atoms with E-state index in [-0.39, 0.29) is 19.6 Å². The van der Waals surface area contributed by atoms with Gasteiger partial charge in [0.25, 0.3) is 6.01 Å². The number of rotatable bonds is 5. The third kappa shape index (κ3) is 5.31. The van der Waals surface area contributed by atoms with Gasteiger partial charge in [-0.1, -0.05) is 0 Å². The minimum absolute atomic E-state index is 0.0416. The van der Waals surface area contributed by atoms with Gasteiger partial charge in [-0.05, 0) is 45.9 Å². The molecule has 13 heteroatoms. The summed E-state index contributed by atoms with van der Waals surface area (Å²) < 4.78 is 83.9. The van der Waals surface area contributed by atoms with Crippen LogP contribution in [0.3, 0.4) is 0 Å². The van der Waals surface area contributed by atoms with Crippen LogP contribution in [0.1, 0.15) is 39.1 Å². The van der Waals surface area contributed by atoms with E-state index in [0.29, 0.717) is 5.69 Å². The lowest BCUT2D eigenvalue weighted by Gasteiger charge is -2.46. The van der Waals surface area contributed by atoms with Crippen molar-refractivity contribution >= 4 is 21.5 Å². The number of aromatic nitrogens is 1. The summed E-state index contributed by atoms with van der Waals surface area (Å²) >= 11 is 0. The molecule has 0 spiro atoms. The minimum Gasteiger partial charge on any atom is -0.425 e. The molecular weight excluding hydrogens is 482 g/mol. The molecule has 2 N–H and O–H groups in total. The standard InChI is InChI=1S/C21H27F4N3O5S/c1-19(2,29)15-11-27(12-6-7-13(22)14(10-12)34(5,31)32)8-9-28(15)18-26-16(21(23,24)25)17(33-18)20(3,4)30/h6-7,10,15,29-30H,8-9,11H2,1-5H3/t15-/m1/s1. The zero-order valence-corrected chi connectivity index (χ0v) is 20.1. The molecule has 0 bridgehead atoms. The molecule has 1 atom stereocenters. The second-order valence-corrected chi connectivity index (χ2v) is 11.4. The third-order valence-electron chi connectivity index (χ3n) is 5.56. The fourth-order valence-corrected chi connectivity index (χ4v) is 4.62. The van der Waals surface area contributed by atoms with E-state index in [9.17, 15) is 36.2 Å². The zero-order chi connectivity index (χ0) is 25.9. The molecule has 1 aromatic carbocycles. The number of aliphatic hydroxyl groups is 2. The molecule has 1 aromatic heterocycles. The average molecular weight is 510 g/mol. The third-order valence-corrected chi connectivity index (χ3v) is 6.67. The van der Waals surface area contributed by atoms with Crippen LogP contribution < -0.4 is 9.80 Å². The van der Waals surface area contributed by atoms with Crippen LogP contribution in [0, 0.1) is 5.82 Å². The van der Waals surface area contributed by atoms with Crippen LogP contribution in [-0.2, 0) is 21.6 Å². The van der Waals surface area contributed by atoms with Gasteiger partial charge in [0.15, 0.2) is 21.3 Å². The lowest BCUT2D eigenvalue weighted by Crippen LogP contribution is -2.61. The number of anilines is 2. The molecule has 34 heavy (non-hydrogen) atoms. The second kappa shape index (κ2) is 8.38. The van der Waals surface area contributed by atoms with Crippen LogP contribution in [0.2, 0.25) is 0 Å². The van der Waals surface area contributed by atoms with Crippen molar-refractivity contribution in [3.05, 3.63) is 35.5 Å². The first-order chi connectivity index (χ1) is 15.3. The number of piperazine rings is 1. The molecule has 8 nitrogen and oxygen atoms in total. The first kappa shape index (κ1) is 26.2. The smallest absolute Gasteiger partial charge is 0.425 e. The van der Waals surface area contributed by atoms with Gasteiger partial charge >= 0.3 is 6.18 Å². The lowest BCUT2D eigenvalue weighted by molar-refractivity contribution is -0.144. The fraction of sp³-hybridized carbons (Fsp3) is 0.571. The highest BCUT2D eigenvalue weighted by molar-refractivity contribution is 7.90. The molecule has 2 heterocycles. The number of oxazole rings is 1. The van der Waals surface area contributed by atoms with Crippen molar-refractivity contribution in [2.45, 2.75) is 56.0 Å². The summed E-state index contributed by atoms with van der Waals surface area (Å²) in [5.74, 6) is -1.65. The molecule has 0 saturated carbocycles. The summed E-state index contributed by atoms with van der Waals surface area (Å²) in [5.41, 5.74) is -4.40. The van der Waals surface area contributed by atoms with E-state index in [4.69, 9.17) is 4.42 Å². The monoisotopic (exact) mass is 509 g/mol. The van der Waals surface area contributed by atoms with E-state index < -0.39 is 61.4 Å². The van der Waals surface area contributed by atoms with Gasteiger partial charge in [0.05, 0.1) is 11.6 Å². The Balaban J connectivity index is 2.01. The number of alkyl halides is 3. The van der Waals surface area contributed by atoms with Gasteiger partial charge in [0.2, 0.25) is 0 Å². The van der Waals surface area contributed by atoms with Gasteiger partial charge in [-0.2, -0.15) is 18.2 Å². The first-order valence-electron chi connectivity index (χ1n) is 10.3. The molecule has 1 aliphatic rings. The summed E-state index contributed by atoms with van der Waals surface area (Å²) in [6.07, 6.45) is -3.99. The summed E-state index contributed by atoms with van der Waals surface area (Å²) in [6.45, 7) is 5.49. The van der Waals surface area contributed by atoms with Crippen molar-refractivity contribution in [2.75, 3.05) is 35.7 Å². The van der Waals surface area contributed by atoms with Crippen LogP contribution in [0.4, 0.5) is 29.3 Å². The number of hydrogen-bond donors (Lipinski definition) is 2. The van der Waals surface area contributed by atoms with Gasteiger partial charge in [-0.3, -0.25) is 0 Å². The normalized spacial score (nSPS) is 18.5. The van der Waals surface area contributed by atoms with Gasteiger partial charge in [0.1, 0.15) is 16.3 Å². The van der Waals surface area contributed by atoms with Gasteiger partial charge in [0, 0.05) is 31.6 Å². The Hall–Kier alpha value is -2.38. The molecule has 3 rings (SSSR count). The number of nitrogens with zero attached hydrogens (tertiary/aromatic N) is 3. The van der Waals surface area contributed by atoms with Crippen molar-refractivity contribution in [1.82, 2.24) is 4.98 Å². The molecule has 1 saturated heterocycles. The Bertz CT molecular complexity index is 1140. The second-order valence-electron chi connectivity index (χ2n) is 9.43. The maximum absolute atomic E-state index is 14.0. The molecular formula is C21H27F4N3O5S. The predicted molar refractivity (Wildman–Crippen MR) is 116 cm³/mol. The lowest BCUT2D eigenvalue weighted by atomic mass is 9.94. The first-order valence-corrected chi connectivity index (χ1v) is 12.2. The van der Waals surface area contributed by atoms with Crippen LogP contribution in [-0.4, -0.2) is 61.1 Å². The summed E-state index contributed by atoms with van der Waals surface area (Å²) in [4.78, 5) is 6.19. The average Bonchev–Trinajstić information content (AvgIpc) is 3.13.